The van der Waals surface area contributed by atoms with Crippen LogP contribution in [0.15, 0.2) is 35.1 Å². The molecular weight excluding hydrogens is 256 g/mol. The van der Waals surface area contributed by atoms with Gasteiger partial charge in [-0.15, -0.1) is 0 Å². The number of methoxy groups -OCH3 is 1. The summed E-state index contributed by atoms with van der Waals surface area (Å²) in [5.74, 6) is 0.993. The van der Waals surface area contributed by atoms with E-state index in [-0.39, 0.29) is 11.4 Å². The fourth-order valence-electron chi connectivity index (χ4n) is 2.25. The molecule has 6 heteroatoms. The molecule has 2 heterocycles. The van der Waals surface area contributed by atoms with Gasteiger partial charge in [0.05, 0.1) is 18.3 Å². The lowest BCUT2D eigenvalue weighted by Gasteiger charge is -2.09. The second kappa shape index (κ2) is 4.41. The van der Waals surface area contributed by atoms with Crippen LogP contribution in [0.1, 0.15) is 0 Å². The van der Waals surface area contributed by atoms with E-state index >= 15 is 0 Å². The van der Waals surface area contributed by atoms with Crippen LogP contribution in [0.2, 0.25) is 0 Å². The van der Waals surface area contributed by atoms with Crippen molar-refractivity contribution in [3.63, 3.8) is 0 Å². The Hall–Kier alpha value is -2.76. The molecule has 3 aromatic rings. The van der Waals surface area contributed by atoms with E-state index in [2.05, 4.69) is 10.2 Å². The largest absolute Gasteiger partial charge is 0.497 e. The summed E-state index contributed by atoms with van der Waals surface area (Å²) in [6.07, 6.45) is 0. The number of aromatic amines is 1. The zero-order valence-corrected chi connectivity index (χ0v) is 11.2. The lowest BCUT2D eigenvalue weighted by atomic mass is 10.1. The highest BCUT2D eigenvalue weighted by Gasteiger charge is 2.12. The monoisotopic (exact) mass is 270 g/mol. The molecule has 0 aliphatic rings. The fourth-order valence-corrected chi connectivity index (χ4v) is 2.25. The van der Waals surface area contributed by atoms with Gasteiger partial charge < -0.3 is 15.0 Å². The van der Waals surface area contributed by atoms with Gasteiger partial charge in [0, 0.05) is 7.05 Å². The highest BCUT2D eigenvalue weighted by Crippen LogP contribution is 2.24. The Labute approximate surface area is 114 Å². The Morgan fingerprint density at radius 2 is 2.00 bits per heavy atom. The maximum Gasteiger partial charge on any atom is 0.264 e. The standard InChI is InChI=1S/C14H14N4O2/c1-18-11(8-3-5-9(20-2)6-4-8)7-10-12(14(18)19)13(15)17-16-10/h3-7H,1-2H3,(H3,15,16,17). The number of nitrogen functional groups attached to an aromatic ring is 1. The van der Waals surface area contributed by atoms with Crippen molar-refractivity contribution in [3.8, 4) is 17.0 Å². The van der Waals surface area contributed by atoms with E-state index in [0.29, 0.717) is 10.9 Å². The molecule has 1 aromatic carbocycles. The molecule has 0 atom stereocenters. The van der Waals surface area contributed by atoms with Gasteiger partial charge in [-0.25, -0.2) is 0 Å². The Balaban J connectivity index is 2.25. The minimum atomic E-state index is -0.167. The Morgan fingerprint density at radius 1 is 1.30 bits per heavy atom. The van der Waals surface area contributed by atoms with Crippen molar-refractivity contribution >= 4 is 16.7 Å². The second-order valence-corrected chi connectivity index (χ2v) is 4.52. The summed E-state index contributed by atoms with van der Waals surface area (Å²) < 4.78 is 6.70. The summed E-state index contributed by atoms with van der Waals surface area (Å²) in [7, 11) is 3.33. The molecule has 0 fully saturated rings. The zero-order valence-electron chi connectivity index (χ0n) is 11.2. The van der Waals surface area contributed by atoms with Gasteiger partial charge in [0.2, 0.25) is 0 Å². The van der Waals surface area contributed by atoms with Crippen molar-refractivity contribution in [3.05, 3.63) is 40.7 Å². The Morgan fingerprint density at radius 3 is 2.65 bits per heavy atom. The molecule has 0 radical (unpaired) electrons. The van der Waals surface area contributed by atoms with Gasteiger partial charge >= 0.3 is 0 Å². The number of hydrogen-bond acceptors (Lipinski definition) is 4. The van der Waals surface area contributed by atoms with Crippen LogP contribution in [0.4, 0.5) is 5.82 Å². The SMILES string of the molecule is COc1ccc(-c2cc3[nH]nc(N)c3c(=O)n2C)cc1. The molecule has 0 amide bonds. The van der Waals surface area contributed by atoms with Crippen LogP contribution in [0.3, 0.4) is 0 Å². The number of rotatable bonds is 2. The van der Waals surface area contributed by atoms with Crippen molar-refractivity contribution in [1.29, 1.82) is 0 Å². The summed E-state index contributed by atoms with van der Waals surface area (Å²) in [6.45, 7) is 0. The topological polar surface area (TPSA) is 85.9 Å². The minimum Gasteiger partial charge on any atom is -0.497 e. The van der Waals surface area contributed by atoms with Crippen molar-refractivity contribution in [2.45, 2.75) is 0 Å². The van der Waals surface area contributed by atoms with Gasteiger partial charge in [0.15, 0.2) is 5.82 Å². The summed E-state index contributed by atoms with van der Waals surface area (Å²) in [4.78, 5) is 12.3. The number of pyridine rings is 1. The smallest absolute Gasteiger partial charge is 0.264 e. The van der Waals surface area contributed by atoms with Crippen molar-refractivity contribution in [2.24, 2.45) is 7.05 Å². The number of aromatic nitrogens is 3. The Bertz CT molecular complexity index is 831. The number of nitrogens with one attached hydrogen (secondary N) is 1. The van der Waals surface area contributed by atoms with E-state index in [9.17, 15) is 4.79 Å². The molecule has 3 N–H and O–H groups in total. The molecule has 6 nitrogen and oxygen atoms in total. The quantitative estimate of drug-likeness (QED) is 0.739. The van der Waals surface area contributed by atoms with Gasteiger partial charge in [-0.3, -0.25) is 9.89 Å². The third-order valence-electron chi connectivity index (χ3n) is 3.37. The highest BCUT2D eigenvalue weighted by atomic mass is 16.5. The number of fused-ring (bicyclic) bond motifs is 1. The molecule has 0 unspecified atom stereocenters. The lowest BCUT2D eigenvalue weighted by molar-refractivity contribution is 0.415. The summed E-state index contributed by atoms with van der Waals surface area (Å²) >= 11 is 0. The molecule has 2 aromatic heterocycles. The average molecular weight is 270 g/mol. The van der Waals surface area contributed by atoms with Crippen molar-refractivity contribution in [1.82, 2.24) is 14.8 Å². The number of anilines is 1. The third-order valence-corrected chi connectivity index (χ3v) is 3.37. The predicted octanol–water partition coefficient (Wildman–Crippen LogP) is 1.52. The van der Waals surface area contributed by atoms with Crippen LogP contribution in [0.25, 0.3) is 22.2 Å². The summed E-state index contributed by atoms with van der Waals surface area (Å²) in [5.41, 5.74) is 7.87. The van der Waals surface area contributed by atoms with Gasteiger partial charge in [0.1, 0.15) is 11.1 Å². The first-order valence-corrected chi connectivity index (χ1v) is 6.10. The molecular formula is C14H14N4O2. The van der Waals surface area contributed by atoms with Gasteiger partial charge in [0.25, 0.3) is 5.56 Å². The number of nitrogens with two attached hydrogens (primary N) is 1. The summed E-state index contributed by atoms with van der Waals surface area (Å²) in [5, 5.41) is 7.08. The molecule has 0 spiro atoms. The molecule has 0 aliphatic heterocycles. The minimum absolute atomic E-state index is 0.167. The second-order valence-electron chi connectivity index (χ2n) is 4.52. The number of nitrogens with zero attached hydrogens (tertiary/aromatic N) is 2. The number of ether oxygens (including phenoxy) is 1. The summed E-state index contributed by atoms with van der Waals surface area (Å²) in [6, 6.07) is 9.37. The van der Waals surface area contributed by atoms with E-state index in [4.69, 9.17) is 10.5 Å². The van der Waals surface area contributed by atoms with Crippen LogP contribution in [-0.2, 0) is 7.05 Å². The highest BCUT2D eigenvalue weighted by molar-refractivity contribution is 5.90. The molecule has 102 valence electrons. The van der Waals surface area contributed by atoms with Crippen LogP contribution in [0.5, 0.6) is 5.75 Å². The molecule has 0 saturated carbocycles. The van der Waals surface area contributed by atoms with Gasteiger partial charge in [-0.05, 0) is 35.9 Å². The predicted molar refractivity (Wildman–Crippen MR) is 77.7 cm³/mol. The van der Waals surface area contributed by atoms with E-state index < -0.39 is 0 Å². The number of benzene rings is 1. The van der Waals surface area contributed by atoms with Crippen molar-refractivity contribution < 1.29 is 4.74 Å². The molecule has 20 heavy (non-hydrogen) atoms. The average Bonchev–Trinajstić information content (AvgIpc) is 2.84. The van der Waals surface area contributed by atoms with Crippen molar-refractivity contribution in [2.75, 3.05) is 12.8 Å². The first-order chi connectivity index (χ1) is 9.61. The van der Waals surface area contributed by atoms with E-state index in [1.165, 1.54) is 0 Å². The third kappa shape index (κ3) is 1.73. The Kier molecular flexibility index (Phi) is 2.71. The van der Waals surface area contributed by atoms with Crippen LogP contribution >= 0.6 is 0 Å². The maximum absolute atomic E-state index is 12.3. The van der Waals surface area contributed by atoms with Crippen LogP contribution in [0, 0.1) is 0 Å². The van der Waals surface area contributed by atoms with Crippen LogP contribution in [-0.4, -0.2) is 21.9 Å². The van der Waals surface area contributed by atoms with E-state index in [0.717, 1.165) is 17.0 Å². The number of hydrogen-bond donors (Lipinski definition) is 2. The lowest BCUT2D eigenvalue weighted by Crippen LogP contribution is -2.18. The molecule has 0 aliphatic carbocycles. The van der Waals surface area contributed by atoms with Gasteiger partial charge in [-0.1, -0.05) is 0 Å². The van der Waals surface area contributed by atoms with Crippen LogP contribution < -0.4 is 16.0 Å². The molecule has 0 bridgehead atoms. The number of H-pyrrole nitrogens is 1. The first kappa shape index (κ1) is 12.3. The van der Waals surface area contributed by atoms with Gasteiger partial charge in [-0.2, -0.15) is 5.10 Å². The molecule has 0 saturated heterocycles. The van der Waals surface area contributed by atoms with E-state index in [1.54, 1.807) is 18.7 Å². The fraction of sp³-hybridized carbons (Fsp3) is 0.143. The first-order valence-electron chi connectivity index (χ1n) is 6.10. The molecule has 3 rings (SSSR count). The zero-order chi connectivity index (χ0) is 14.3. The van der Waals surface area contributed by atoms with E-state index in [1.807, 2.05) is 30.3 Å². The normalized spacial score (nSPS) is 10.9. The maximum atomic E-state index is 12.3.